The minimum absolute atomic E-state index is 0.550. The quantitative estimate of drug-likeness (QED) is 0.734. The van der Waals surface area contributed by atoms with E-state index in [0.717, 1.165) is 22.0 Å². The monoisotopic (exact) mass is 209 g/mol. The van der Waals surface area contributed by atoms with Gasteiger partial charge in [-0.25, -0.2) is 4.98 Å². The van der Waals surface area contributed by atoms with Crippen LogP contribution >= 0.6 is 0 Å². The molecular weight excluding hydrogens is 198 g/mol. The average Bonchev–Trinajstić information content (AvgIpc) is 2.28. The molecule has 0 saturated heterocycles. The summed E-state index contributed by atoms with van der Waals surface area (Å²) in [5.41, 5.74) is 8.54. The van der Waals surface area contributed by atoms with E-state index in [4.69, 9.17) is 11.0 Å². The minimum atomic E-state index is 0.550. The molecule has 0 aliphatic heterocycles. The highest BCUT2D eigenvalue weighted by atomic mass is 14.8. The Labute approximate surface area is 93.8 Å². The van der Waals surface area contributed by atoms with Gasteiger partial charge in [0.1, 0.15) is 5.82 Å². The van der Waals surface area contributed by atoms with E-state index in [1.54, 1.807) is 6.08 Å². The number of nitrogen functional groups attached to an aromatic ring is 1. The van der Waals surface area contributed by atoms with Crippen LogP contribution in [0.25, 0.3) is 17.0 Å². The Morgan fingerprint density at radius 3 is 3.00 bits per heavy atom. The van der Waals surface area contributed by atoms with Crippen LogP contribution in [-0.2, 0) is 0 Å². The number of allylic oxidation sites excluding steroid dienone is 1. The molecule has 3 heteroatoms. The smallest absolute Gasteiger partial charge is 0.127 e. The van der Waals surface area contributed by atoms with Crippen LogP contribution in [0.2, 0.25) is 0 Å². The summed E-state index contributed by atoms with van der Waals surface area (Å²) in [6, 6.07) is 9.74. The van der Waals surface area contributed by atoms with E-state index < -0.39 is 0 Å². The van der Waals surface area contributed by atoms with Gasteiger partial charge in [0.15, 0.2) is 0 Å². The fraction of sp³-hybridized carbons (Fsp3) is 0.0769. The van der Waals surface area contributed by atoms with Crippen molar-refractivity contribution in [2.75, 3.05) is 5.73 Å². The van der Waals surface area contributed by atoms with E-state index in [9.17, 15) is 0 Å². The number of hydrogen-bond acceptors (Lipinski definition) is 3. The van der Waals surface area contributed by atoms with Gasteiger partial charge < -0.3 is 5.73 Å². The Bertz CT molecular complexity index is 606. The number of fused-ring (bicyclic) bond motifs is 1. The number of nitriles is 1. The summed E-state index contributed by atoms with van der Waals surface area (Å²) in [6.45, 7) is 1.92. The van der Waals surface area contributed by atoms with Gasteiger partial charge in [0.25, 0.3) is 0 Å². The molecule has 0 aliphatic carbocycles. The van der Waals surface area contributed by atoms with Crippen LogP contribution in [0, 0.1) is 18.3 Å². The van der Waals surface area contributed by atoms with Gasteiger partial charge in [-0.3, -0.25) is 0 Å². The SMILES string of the molecule is Cc1cc2c(/C=C/C#N)cccc2nc1N. The van der Waals surface area contributed by atoms with Crippen LogP contribution in [-0.4, -0.2) is 4.98 Å². The first-order valence-corrected chi connectivity index (χ1v) is 4.94. The highest BCUT2D eigenvalue weighted by Crippen LogP contribution is 2.22. The number of benzene rings is 1. The maximum atomic E-state index is 8.53. The van der Waals surface area contributed by atoms with Crippen LogP contribution in [0.5, 0.6) is 0 Å². The third-order valence-corrected chi connectivity index (χ3v) is 2.46. The van der Waals surface area contributed by atoms with Gasteiger partial charge in [-0.15, -0.1) is 0 Å². The molecule has 1 heterocycles. The molecule has 0 atom stereocenters. The first kappa shape index (κ1) is 10.2. The number of rotatable bonds is 1. The molecule has 1 aromatic heterocycles. The zero-order valence-electron chi connectivity index (χ0n) is 8.94. The van der Waals surface area contributed by atoms with E-state index in [0.29, 0.717) is 5.82 Å². The second-order valence-electron chi connectivity index (χ2n) is 3.57. The van der Waals surface area contributed by atoms with Crippen molar-refractivity contribution in [3.63, 3.8) is 0 Å². The topological polar surface area (TPSA) is 62.7 Å². The maximum Gasteiger partial charge on any atom is 0.127 e. The number of aryl methyl sites for hydroxylation is 1. The Balaban J connectivity index is 2.73. The lowest BCUT2D eigenvalue weighted by Gasteiger charge is -2.05. The van der Waals surface area contributed by atoms with E-state index in [1.807, 2.05) is 37.3 Å². The Morgan fingerprint density at radius 2 is 2.25 bits per heavy atom. The van der Waals surface area contributed by atoms with Gasteiger partial charge in [-0.2, -0.15) is 5.26 Å². The first-order valence-electron chi connectivity index (χ1n) is 4.94. The largest absolute Gasteiger partial charge is 0.383 e. The Morgan fingerprint density at radius 1 is 1.44 bits per heavy atom. The molecule has 0 unspecified atom stereocenters. The molecule has 2 N–H and O–H groups in total. The molecule has 3 nitrogen and oxygen atoms in total. The molecule has 2 aromatic rings. The molecular formula is C13H11N3. The number of anilines is 1. The highest BCUT2D eigenvalue weighted by Gasteiger charge is 2.02. The molecule has 1 aromatic carbocycles. The van der Waals surface area contributed by atoms with Crippen LogP contribution in [0.1, 0.15) is 11.1 Å². The fourth-order valence-electron chi connectivity index (χ4n) is 1.61. The van der Waals surface area contributed by atoms with Crippen molar-refractivity contribution in [1.29, 1.82) is 5.26 Å². The lowest BCUT2D eigenvalue weighted by atomic mass is 10.1. The predicted octanol–water partition coefficient (Wildman–Crippen LogP) is 2.66. The standard InChI is InChI=1S/C13H11N3/c1-9-8-11-10(5-3-7-14)4-2-6-12(11)16-13(9)15/h2-6,8H,1H3,(H2,15,16)/b5-3+. The third-order valence-electron chi connectivity index (χ3n) is 2.46. The summed E-state index contributed by atoms with van der Waals surface area (Å²) in [5.74, 6) is 0.550. The highest BCUT2D eigenvalue weighted by molar-refractivity contribution is 5.89. The Kier molecular flexibility index (Phi) is 2.57. The Hall–Kier alpha value is -2.34. The van der Waals surface area contributed by atoms with Gasteiger partial charge in [0.05, 0.1) is 11.6 Å². The van der Waals surface area contributed by atoms with Crippen molar-refractivity contribution in [3.8, 4) is 6.07 Å². The van der Waals surface area contributed by atoms with Gasteiger partial charge >= 0.3 is 0 Å². The number of nitrogens with two attached hydrogens (primary N) is 1. The number of pyridine rings is 1. The summed E-state index contributed by atoms with van der Waals surface area (Å²) >= 11 is 0. The molecule has 0 spiro atoms. The summed E-state index contributed by atoms with van der Waals surface area (Å²) < 4.78 is 0. The zero-order chi connectivity index (χ0) is 11.5. The van der Waals surface area contributed by atoms with Gasteiger partial charge in [-0.05, 0) is 36.3 Å². The average molecular weight is 209 g/mol. The van der Waals surface area contributed by atoms with Crippen molar-refractivity contribution in [3.05, 3.63) is 41.5 Å². The molecule has 0 radical (unpaired) electrons. The molecule has 0 aliphatic rings. The van der Waals surface area contributed by atoms with E-state index >= 15 is 0 Å². The molecule has 0 saturated carbocycles. The van der Waals surface area contributed by atoms with E-state index in [2.05, 4.69) is 4.98 Å². The molecule has 0 fully saturated rings. The van der Waals surface area contributed by atoms with Crippen LogP contribution in [0.15, 0.2) is 30.3 Å². The van der Waals surface area contributed by atoms with Crippen molar-refractivity contribution in [1.82, 2.24) is 4.98 Å². The summed E-state index contributed by atoms with van der Waals surface area (Å²) in [5, 5.41) is 9.54. The van der Waals surface area contributed by atoms with Crippen molar-refractivity contribution >= 4 is 22.8 Å². The van der Waals surface area contributed by atoms with Crippen molar-refractivity contribution in [2.24, 2.45) is 0 Å². The zero-order valence-corrected chi connectivity index (χ0v) is 8.94. The summed E-state index contributed by atoms with van der Waals surface area (Å²) in [7, 11) is 0. The van der Waals surface area contributed by atoms with E-state index in [1.165, 1.54) is 6.08 Å². The molecule has 0 amide bonds. The maximum absolute atomic E-state index is 8.53. The van der Waals surface area contributed by atoms with Crippen LogP contribution in [0.3, 0.4) is 0 Å². The molecule has 0 bridgehead atoms. The second-order valence-corrected chi connectivity index (χ2v) is 3.57. The first-order chi connectivity index (χ1) is 7.72. The van der Waals surface area contributed by atoms with Crippen LogP contribution in [0.4, 0.5) is 5.82 Å². The van der Waals surface area contributed by atoms with Gasteiger partial charge in [-0.1, -0.05) is 12.1 Å². The van der Waals surface area contributed by atoms with Crippen molar-refractivity contribution < 1.29 is 0 Å². The van der Waals surface area contributed by atoms with Crippen molar-refractivity contribution in [2.45, 2.75) is 6.92 Å². The fourth-order valence-corrected chi connectivity index (χ4v) is 1.61. The minimum Gasteiger partial charge on any atom is -0.383 e. The van der Waals surface area contributed by atoms with Gasteiger partial charge in [0, 0.05) is 11.5 Å². The van der Waals surface area contributed by atoms with Gasteiger partial charge in [0.2, 0.25) is 0 Å². The van der Waals surface area contributed by atoms with Crippen LogP contribution < -0.4 is 5.73 Å². The third kappa shape index (κ3) is 1.73. The number of nitrogens with zero attached hydrogens (tertiary/aromatic N) is 2. The predicted molar refractivity (Wildman–Crippen MR) is 65.5 cm³/mol. The molecule has 2 rings (SSSR count). The summed E-state index contributed by atoms with van der Waals surface area (Å²) in [4.78, 5) is 4.30. The lowest BCUT2D eigenvalue weighted by molar-refractivity contribution is 1.34. The summed E-state index contributed by atoms with van der Waals surface area (Å²) in [6.07, 6.45) is 3.24. The number of hydrogen-bond donors (Lipinski definition) is 1. The normalized spacial score (nSPS) is 10.8. The molecule has 16 heavy (non-hydrogen) atoms. The molecule has 78 valence electrons. The van der Waals surface area contributed by atoms with E-state index in [-0.39, 0.29) is 0 Å². The lowest BCUT2D eigenvalue weighted by Crippen LogP contribution is -1.94. The number of aromatic nitrogens is 1. The second kappa shape index (κ2) is 4.03.